The predicted molar refractivity (Wildman–Crippen MR) is 104 cm³/mol. The molecule has 27 heavy (non-hydrogen) atoms. The van der Waals surface area contributed by atoms with Crippen molar-refractivity contribution >= 4 is 34.1 Å². The van der Waals surface area contributed by atoms with Crippen molar-refractivity contribution < 1.29 is 9.18 Å². The zero-order valence-electron chi connectivity index (χ0n) is 14.4. The zero-order chi connectivity index (χ0) is 18.5. The summed E-state index contributed by atoms with van der Waals surface area (Å²) in [5, 5.41) is 8.61. The minimum Gasteiger partial charge on any atom is -0.367 e. The number of rotatable bonds is 3. The molecule has 1 amide bonds. The minimum absolute atomic E-state index is 0.179. The summed E-state index contributed by atoms with van der Waals surface area (Å²) in [7, 11) is 0. The Morgan fingerprint density at radius 2 is 1.96 bits per heavy atom. The largest absolute Gasteiger partial charge is 0.367 e. The molecule has 5 rings (SSSR count). The molecule has 4 nitrogen and oxygen atoms in total. The van der Waals surface area contributed by atoms with Crippen LogP contribution in [-0.4, -0.2) is 16.9 Å². The highest BCUT2D eigenvalue weighted by Gasteiger charge is 2.33. The quantitative estimate of drug-likeness (QED) is 0.683. The Morgan fingerprint density at radius 3 is 2.74 bits per heavy atom. The van der Waals surface area contributed by atoms with Gasteiger partial charge in [-0.05, 0) is 54.5 Å². The van der Waals surface area contributed by atoms with Crippen LogP contribution in [-0.2, 0) is 0 Å². The smallest absolute Gasteiger partial charge is 0.253 e. The lowest BCUT2D eigenvalue weighted by Crippen LogP contribution is -2.27. The van der Waals surface area contributed by atoms with E-state index in [0.717, 1.165) is 35.0 Å². The first-order valence-corrected chi connectivity index (χ1v) is 9.43. The second-order valence-corrected chi connectivity index (χ2v) is 7.54. The minimum atomic E-state index is -0.462. The van der Waals surface area contributed by atoms with E-state index in [9.17, 15) is 9.18 Å². The van der Waals surface area contributed by atoms with E-state index in [0.29, 0.717) is 22.2 Å². The van der Waals surface area contributed by atoms with Gasteiger partial charge in [0.1, 0.15) is 11.6 Å². The number of hydrogen-bond donors (Lipinski definition) is 2. The molecule has 136 valence electrons. The number of nitrogens with one attached hydrogen (secondary N) is 2. The fraction of sp³-hybridized carbons (Fsp3) is 0.238. The van der Waals surface area contributed by atoms with Gasteiger partial charge >= 0.3 is 0 Å². The van der Waals surface area contributed by atoms with E-state index in [1.54, 1.807) is 6.20 Å². The molecule has 2 aromatic carbocycles. The first-order valence-electron chi connectivity index (χ1n) is 9.06. The number of amides is 1. The normalized spacial score (nSPS) is 18.9. The van der Waals surface area contributed by atoms with Gasteiger partial charge in [0.15, 0.2) is 0 Å². The molecule has 1 fully saturated rings. The van der Waals surface area contributed by atoms with Crippen LogP contribution >= 0.6 is 11.6 Å². The summed E-state index contributed by atoms with van der Waals surface area (Å²) in [5.41, 5.74) is 1.97. The Balaban J connectivity index is 1.64. The van der Waals surface area contributed by atoms with E-state index < -0.39 is 6.04 Å². The number of halogens is 2. The van der Waals surface area contributed by atoms with E-state index >= 15 is 0 Å². The Labute approximate surface area is 160 Å². The van der Waals surface area contributed by atoms with Gasteiger partial charge in [-0.2, -0.15) is 0 Å². The molecule has 6 heteroatoms. The highest BCUT2D eigenvalue weighted by molar-refractivity contribution is 6.31. The van der Waals surface area contributed by atoms with Gasteiger partial charge in [-0.25, -0.2) is 9.37 Å². The number of nitrogens with zero attached hydrogens (tertiary/aromatic N) is 1. The van der Waals surface area contributed by atoms with Crippen molar-refractivity contribution in [2.75, 3.05) is 5.32 Å². The van der Waals surface area contributed by atoms with Gasteiger partial charge < -0.3 is 10.6 Å². The maximum Gasteiger partial charge on any atom is 0.253 e. The molecule has 0 spiro atoms. The van der Waals surface area contributed by atoms with Gasteiger partial charge in [0.2, 0.25) is 0 Å². The number of fused-ring (bicyclic) bond motifs is 3. The lowest BCUT2D eigenvalue weighted by atomic mass is 9.92. The number of benzene rings is 2. The lowest BCUT2D eigenvalue weighted by molar-refractivity contribution is 0.0962. The molecule has 0 bridgehead atoms. The zero-order valence-corrected chi connectivity index (χ0v) is 15.2. The summed E-state index contributed by atoms with van der Waals surface area (Å²) in [6.07, 6.45) is 5.24. The van der Waals surface area contributed by atoms with Gasteiger partial charge in [-0.3, -0.25) is 4.79 Å². The lowest BCUT2D eigenvalue weighted by Gasteiger charge is -2.27. The number of carbonyl (C=O) groups is 1. The summed E-state index contributed by atoms with van der Waals surface area (Å²) in [6, 6.07) is 9.94. The van der Waals surface area contributed by atoms with E-state index in [1.807, 2.05) is 18.2 Å². The van der Waals surface area contributed by atoms with Crippen molar-refractivity contribution in [1.29, 1.82) is 0 Å². The van der Waals surface area contributed by atoms with Crippen LogP contribution in [0.2, 0.25) is 5.02 Å². The predicted octanol–water partition coefficient (Wildman–Crippen LogP) is 4.82. The number of aromatic nitrogens is 1. The van der Waals surface area contributed by atoms with Crippen LogP contribution in [0.1, 0.15) is 46.8 Å². The second-order valence-electron chi connectivity index (χ2n) is 7.13. The summed E-state index contributed by atoms with van der Waals surface area (Å²) < 4.78 is 13.8. The molecule has 2 heterocycles. The SMILES string of the molecule is O=C1NC(c2cc(F)ccc2Cl)c2ccc3c(NC4CCC4)nccc3c21. The molecule has 1 atom stereocenters. The van der Waals surface area contributed by atoms with Crippen molar-refractivity contribution in [3.05, 3.63) is 70.1 Å². The fourth-order valence-electron chi connectivity index (χ4n) is 3.89. The molecule has 1 unspecified atom stereocenters. The number of carbonyl (C=O) groups excluding carboxylic acids is 1. The Bertz CT molecular complexity index is 1080. The third-order valence-electron chi connectivity index (χ3n) is 5.51. The number of hydrogen-bond acceptors (Lipinski definition) is 3. The van der Waals surface area contributed by atoms with Gasteiger partial charge in [-0.1, -0.05) is 23.7 Å². The maximum absolute atomic E-state index is 13.8. The maximum atomic E-state index is 13.8. The molecule has 1 aliphatic carbocycles. The van der Waals surface area contributed by atoms with Crippen molar-refractivity contribution in [2.45, 2.75) is 31.3 Å². The van der Waals surface area contributed by atoms with Gasteiger partial charge in [0.05, 0.1) is 11.6 Å². The number of anilines is 1. The topological polar surface area (TPSA) is 54.0 Å². The van der Waals surface area contributed by atoms with Crippen LogP contribution in [0, 0.1) is 5.82 Å². The standard InChI is InChI=1S/C21H17ClFN3O/c22-17-7-4-11(23)10-16(17)19-15-6-5-14-13(18(15)21(27)26-19)8-9-24-20(14)25-12-2-1-3-12/h4-10,12,19H,1-3H2,(H,24,25)(H,26,27). The van der Waals surface area contributed by atoms with Gasteiger partial charge in [-0.15, -0.1) is 0 Å². The fourth-order valence-corrected chi connectivity index (χ4v) is 4.12. The third-order valence-corrected chi connectivity index (χ3v) is 5.85. The molecule has 0 saturated heterocycles. The number of pyridine rings is 1. The molecule has 1 saturated carbocycles. The van der Waals surface area contributed by atoms with Crippen LogP contribution in [0.3, 0.4) is 0 Å². The molecular formula is C21H17ClFN3O. The monoisotopic (exact) mass is 381 g/mol. The highest BCUT2D eigenvalue weighted by Crippen LogP contribution is 2.39. The summed E-state index contributed by atoms with van der Waals surface area (Å²) in [4.78, 5) is 17.2. The highest BCUT2D eigenvalue weighted by atomic mass is 35.5. The molecule has 1 aliphatic heterocycles. The molecule has 1 aromatic heterocycles. The second kappa shape index (κ2) is 6.20. The molecular weight excluding hydrogens is 365 g/mol. The molecule has 0 radical (unpaired) electrons. The third kappa shape index (κ3) is 2.65. The van der Waals surface area contributed by atoms with Crippen molar-refractivity contribution in [3.8, 4) is 0 Å². The summed E-state index contributed by atoms with van der Waals surface area (Å²) >= 11 is 6.28. The Morgan fingerprint density at radius 1 is 1.11 bits per heavy atom. The van der Waals surface area contributed by atoms with Crippen molar-refractivity contribution in [3.63, 3.8) is 0 Å². The average Bonchev–Trinajstić information content (AvgIpc) is 2.97. The first kappa shape index (κ1) is 16.5. The van der Waals surface area contributed by atoms with Crippen molar-refractivity contribution in [1.82, 2.24) is 10.3 Å². The van der Waals surface area contributed by atoms with Crippen LogP contribution < -0.4 is 10.6 Å². The van der Waals surface area contributed by atoms with Crippen molar-refractivity contribution in [2.24, 2.45) is 0 Å². The van der Waals surface area contributed by atoms with E-state index in [1.165, 1.54) is 24.6 Å². The van der Waals surface area contributed by atoms with E-state index in [4.69, 9.17) is 11.6 Å². The Hall–Kier alpha value is -2.66. The Kier molecular flexibility index (Phi) is 3.79. The van der Waals surface area contributed by atoms with E-state index in [2.05, 4.69) is 15.6 Å². The van der Waals surface area contributed by atoms with E-state index in [-0.39, 0.29) is 11.7 Å². The molecule has 2 aliphatic rings. The van der Waals surface area contributed by atoms with Gasteiger partial charge in [0.25, 0.3) is 5.91 Å². The van der Waals surface area contributed by atoms with Crippen LogP contribution in [0.4, 0.5) is 10.2 Å². The van der Waals surface area contributed by atoms with Crippen LogP contribution in [0.25, 0.3) is 10.8 Å². The average molecular weight is 382 g/mol. The van der Waals surface area contributed by atoms with Crippen LogP contribution in [0.15, 0.2) is 42.6 Å². The first-order chi connectivity index (χ1) is 13.1. The summed E-state index contributed by atoms with van der Waals surface area (Å²) in [5.74, 6) is 0.246. The van der Waals surface area contributed by atoms with Crippen LogP contribution in [0.5, 0.6) is 0 Å². The molecule has 2 N–H and O–H groups in total. The van der Waals surface area contributed by atoms with Gasteiger partial charge in [0, 0.05) is 28.2 Å². The summed E-state index contributed by atoms with van der Waals surface area (Å²) in [6.45, 7) is 0. The molecule has 3 aromatic rings.